The van der Waals surface area contributed by atoms with E-state index in [1.807, 2.05) is 0 Å². The lowest BCUT2D eigenvalue weighted by atomic mass is 10.3. The molecule has 0 aliphatic carbocycles. The van der Waals surface area contributed by atoms with Crippen LogP contribution in [0.25, 0.3) is 0 Å². The zero-order chi connectivity index (χ0) is 19.3. The predicted octanol–water partition coefficient (Wildman–Crippen LogP) is 3.34. The number of carbonyl (C=O) groups excluding carboxylic acids is 1. The van der Waals surface area contributed by atoms with Crippen molar-refractivity contribution < 1.29 is 22.0 Å². The molecule has 0 heterocycles. The van der Waals surface area contributed by atoms with E-state index < -0.39 is 21.7 Å². The summed E-state index contributed by atoms with van der Waals surface area (Å²) >= 11 is 1.24. The summed E-state index contributed by atoms with van der Waals surface area (Å²) < 4.78 is 51.0. The SMILES string of the molecule is CN(C)S(=O)(=O)c1ccc(NC(=O)CCSc2ccc(F)c(F)c2)cc1. The van der Waals surface area contributed by atoms with Crippen molar-refractivity contribution in [2.24, 2.45) is 0 Å². The second-order valence-electron chi connectivity index (χ2n) is 5.53. The van der Waals surface area contributed by atoms with Crippen LogP contribution in [0.3, 0.4) is 0 Å². The highest BCUT2D eigenvalue weighted by Gasteiger charge is 2.16. The Morgan fingerprint density at radius 2 is 1.73 bits per heavy atom. The second kappa shape index (κ2) is 8.61. The molecule has 0 spiro atoms. The number of rotatable bonds is 7. The van der Waals surface area contributed by atoms with E-state index in [9.17, 15) is 22.0 Å². The first-order valence-corrected chi connectivity index (χ1v) is 10.0. The fourth-order valence-electron chi connectivity index (χ4n) is 1.97. The van der Waals surface area contributed by atoms with Crippen molar-refractivity contribution in [3.63, 3.8) is 0 Å². The number of sulfonamides is 1. The molecule has 0 aliphatic heterocycles. The minimum Gasteiger partial charge on any atom is -0.326 e. The summed E-state index contributed by atoms with van der Waals surface area (Å²) in [6.07, 6.45) is 0.168. The largest absolute Gasteiger partial charge is 0.326 e. The maximum atomic E-state index is 13.1. The molecule has 1 amide bonds. The van der Waals surface area contributed by atoms with E-state index >= 15 is 0 Å². The Hall–Kier alpha value is -1.97. The van der Waals surface area contributed by atoms with Gasteiger partial charge in [-0.3, -0.25) is 4.79 Å². The fraction of sp³-hybridized carbons (Fsp3) is 0.235. The highest BCUT2D eigenvalue weighted by molar-refractivity contribution is 7.99. The number of thioether (sulfide) groups is 1. The van der Waals surface area contributed by atoms with Gasteiger partial charge in [-0.05, 0) is 42.5 Å². The highest BCUT2D eigenvalue weighted by atomic mass is 32.2. The van der Waals surface area contributed by atoms with Crippen molar-refractivity contribution in [2.45, 2.75) is 16.2 Å². The molecule has 0 fully saturated rings. The Morgan fingerprint density at radius 1 is 1.08 bits per heavy atom. The van der Waals surface area contributed by atoms with Gasteiger partial charge in [0.05, 0.1) is 4.90 Å². The van der Waals surface area contributed by atoms with Gasteiger partial charge in [0, 0.05) is 36.9 Å². The summed E-state index contributed by atoms with van der Waals surface area (Å²) in [5, 5.41) is 2.66. The van der Waals surface area contributed by atoms with E-state index in [1.54, 1.807) is 0 Å². The second-order valence-corrected chi connectivity index (χ2v) is 8.85. The zero-order valence-electron chi connectivity index (χ0n) is 14.2. The summed E-state index contributed by atoms with van der Waals surface area (Å²) in [6.45, 7) is 0. The standard InChI is InChI=1S/C17H18F2N2O3S2/c1-21(2)26(23,24)14-6-3-12(4-7-14)20-17(22)9-10-25-13-5-8-15(18)16(19)11-13/h3-8,11H,9-10H2,1-2H3,(H,20,22). The van der Waals surface area contributed by atoms with Gasteiger partial charge in [-0.15, -0.1) is 11.8 Å². The molecule has 0 bridgehead atoms. The monoisotopic (exact) mass is 400 g/mol. The van der Waals surface area contributed by atoms with Gasteiger partial charge >= 0.3 is 0 Å². The third-order valence-corrected chi connectivity index (χ3v) is 6.23. The van der Waals surface area contributed by atoms with E-state index in [-0.39, 0.29) is 17.2 Å². The van der Waals surface area contributed by atoms with Crippen LogP contribution in [-0.2, 0) is 14.8 Å². The molecular formula is C17H18F2N2O3S2. The van der Waals surface area contributed by atoms with Crippen molar-refractivity contribution in [2.75, 3.05) is 25.2 Å². The average molecular weight is 400 g/mol. The van der Waals surface area contributed by atoms with Crippen molar-refractivity contribution in [1.29, 1.82) is 0 Å². The van der Waals surface area contributed by atoms with Crippen LogP contribution in [0, 0.1) is 11.6 Å². The molecule has 0 atom stereocenters. The van der Waals surface area contributed by atoms with Gasteiger partial charge in [0.25, 0.3) is 0 Å². The van der Waals surface area contributed by atoms with Crippen LogP contribution in [0.4, 0.5) is 14.5 Å². The number of anilines is 1. The molecule has 2 rings (SSSR count). The first kappa shape index (κ1) is 20.3. The summed E-state index contributed by atoms with van der Waals surface area (Å²) in [4.78, 5) is 12.6. The molecule has 9 heteroatoms. The Balaban J connectivity index is 1.87. The molecule has 0 aromatic heterocycles. The molecule has 26 heavy (non-hydrogen) atoms. The minimum absolute atomic E-state index is 0.134. The van der Waals surface area contributed by atoms with Crippen LogP contribution in [0.2, 0.25) is 0 Å². The van der Waals surface area contributed by atoms with E-state index in [0.29, 0.717) is 16.3 Å². The van der Waals surface area contributed by atoms with Crippen LogP contribution < -0.4 is 5.32 Å². The normalized spacial score (nSPS) is 11.6. The molecule has 140 valence electrons. The van der Waals surface area contributed by atoms with E-state index in [1.165, 1.54) is 56.2 Å². The van der Waals surface area contributed by atoms with E-state index in [2.05, 4.69) is 5.32 Å². The maximum absolute atomic E-state index is 13.1. The average Bonchev–Trinajstić information content (AvgIpc) is 2.58. The summed E-state index contributed by atoms with van der Waals surface area (Å²) in [7, 11) is -0.633. The Bertz CT molecular complexity index is 885. The smallest absolute Gasteiger partial charge is 0.242 e. The first-order valence-electron chi connectivity index (χ1n) is 7.60. The Labute approximate surface area is 155 Å². The highest BCUT2D eigenvalue weighted by Crippen LogP contribution is 2.21. The van der Waals surface area contributed by atoms with E-state index in [4.69, 9.17) is 0 Å². The van der Waals surface area contributed by atoms with Crippen molar-refractivity contribution in [3.05, 3.63) is 54.1 Å². The van der Waals surface area contributed by atoms with Crippen LogP contribution in [0.15, 0.2) is 52.3 Å². The molecule has 5 nitrogen and oxygen atoms in total. The third kappa shape index (κ3) is 5.26. The van der Waals surface area contributed by atoms with Crippen LogP contribution in [0.1, 0.15) is 6.42 Å². The van der Waals surface area contributed by atoms with Gasteiger partial charge in [-0.2, -0.15) is 0 Å². The third-order valence-electron chi connectivity index (χ3n) is 3.41. The Morgan fingerprint density at radius 3 is 2.31 bits per heavy atom. The number of hydrogen-bond acceptors (Lipinski definition) is 4. The number of benzene rings is 2. The molecule has 0 saturated carbocycles. The van der Waals surface area contributed by atoms with Gasteiger partial charge in [-0.25, -0.2) is 21.5 Å². The van der Waals surface area contributed by atoms with Crippen LogP contribution in [-0.4, -0.2) is 38.5 Å². The van der Waals surface area contributed by atoms with Crippen LogP contribution in [0.5, 0.6) is 0 Å². The fourth-order valence-corrected chi connectivity index (χ4v) is 3.75. The number of nitrogens with one attached hydrogen (secondary N) is 1. The summed E-state index contributed by atoms with van der Waals surface area (Å²) in [5.41, 5.74) is 0.477. The van der Waals surface area contributed by atoms with Gasteiger partial charge in [0.2, 0.25) is 15.9 Å². The summed E-state index contributed by atoms with van der Waals surface area (Å²) in [5.74, 6) is -1.70. The maximum Gasteiger partial charge on any atom is 0.242 e. The van der Waals surface area contributed by atoms with Crippen LogP contribution >= 0.6 is 11.8 Å². The lowest BCUT2D eigenvalue weighted by Crippen LogP contribution is -2.22. The van der Waals surface area contributed by atoms with Crippen molar-refractivity contribution in [3.8, 4) is 0 Å². The summed E-state index contributed by atoms with van der Waals surface area (Å²) in [6, 6.07) is 9.43. The van der Waals surface area contributed by atoms with Crippen molar-refractivity contribution in [1.82, 2.24) is 4.31 Å². The van der Waals surface area contributed by atoms with Gasteiger partial charge in [-0.1, -0.05) is 0 Å². The van der Waals surface area contributed by atoms with Gasteiger partial charge in [0.15, 0.2) is 11.6 Å². The number of hydrogen-bond donors (Lipinski definition) is 1. The molecule has 1 N–H and O–H groups in total. The predicted molar refractivity (Wildman–Crippen MR) is 97.6 cm³/mol. The number of halogens is 2. The number of nitrogens with zero attached hydrogens (tertiary/aromatic N) is 1. The Kier molecular flexibility index (Phi) is 6.74. The molecule has 2 aromatic rings. The number of amides is 1. The van der Waals surface area contributed by atoms with Gasteiger partial charge in [0.1, 0.15) is 0 Å². The first-order chi connectivity index (χ1) is 12.2. The molecule has 0 radical (unpaired) electrons. The lowest BCUT2D eigenvalue weighted by molar-refractivity contribution is -0.115. The number of carbonyl (C=O) groups is 1. The lowest BCUT2D eigenvalue weighted by Gasteiger charge is -2.12. The topological polar surface area (TPSA) is 66.5 Å². The van der Waals surface area contributed by atoms with Crippen molar-refractivity contribution >= 4 is 33.4 Å². The zero-order valence-corrected chi connectivity index (χ0v) is 15.8. The molecule has 2 aromatic carbocycles. The molecular weight excluding hydrogens is 382 g/mol. The molecule has 0 saturated heterocycles. The quantitative estimate of drug-likeness (QED) is 0.724. The molecule has 0 unspecified atom stereocenters. The van der Waals surface area contributed by atoms with E-state index in [0.717, 1.165) is 16.4 Å². The minimum atomic E-state index is -3.51. The van der Waals surface area contributed by atoms with Gasteiger partial charge < -0.3 is 5.32 Å². The molecule has 0 aliphatic rings.